The summed E-state index contributed by atoms with van der Waals surface area (Å²) in [6, 6.07) is 6.89. The smallest absolute Gasteiger partial charge is 0.0544 e. The Morgan fingerprint density at radius 3 is 2.90 bits per heavy atom. The van der Waals surface area contributed by atoms with E-state index in [4.69, 9.17) is 0 Å². The quantitative estimate of drug-likeness (QED) is 0.898. The summed E-state index contributed by atoms with van der Waals surface area (Å²) in [6.07, 6.45) is 10.0. The molecule has 0 bridgehead atoms. The minimum atomic E-state index is 0.373. The van der Waals surface area contributed by atoms with Crippen molar-refractivity contribution in [2.45, 2.75) is 63.6 Å². The highest BCUT2D eigenvalue weighted by molar-refractivity contribution is 5.05. The van der Waals surface area contributed by atoms with Crippen LogP contribution in [0.15, 0.2) is 24.4 Å². The third-order valence-corrected chi connectivity index (χ3v) is 5.09. The van der Waals surface area contributed by atoms with Gasteiger partial charge < -0.3 is 5.32 Å². The van der Waals surface area contributed by atoms with Gasteiger partial charge in [-0.15, -0.1) is 0 Å². The van der Waals surface area contributed by atoms with Crippen LogP contribution >= 0.6 is 0 Å². The Bertz CT molecular complexity index is 412. The average Bonchev–Trinajstić information content (AvgIpc) is 2.61. The molecular formula is C17H27N3. The highest BCUT2D eigenvalue weighted by Gasteiger charge is 2.36. The van der Waals surface area contributed by atoms with E-state index in [1.807, 2.05) is 12.3 Å². The highest BCUT2D eigenvalue weighted by Crippen LogP contribution is 2.31. The average molecular weight is 273 g/mol. The molecule has 1 aromatic heterocycles. The zero-order chi connectivity index (χ0) is 13.8. The Balaban J connectivity index is 1.73. The standard InChI is InChI=1S/C17H27N3/c1-15-8-12-19-17(9-4-2-5-10-17)14-20(15)13-16-7-3-6-11-18-16/h3,6-7,11,15,19H,2,4-5,8-10,12-14H2,1H3. The van der Waals surface area contributed by atoms with Crippen molar-refractivity contribution >= 4 is 0 Å². The molecule has 1 aromatic rings. The first kappa shape index (κ1) is 14.0. The van der Waals surface area contributed by atoms with E-state index in [2.05, 4.69) is 34.3 Å². The van der Waals surface area contributed by atoms with E-state index in [1.165, 1.54) is 57.3 Å². The Morgan fingerprint density at radius 1 is 1.30 bits per heavy atom. The lowest BCUT2D eigenvalue weighted by Crippen LogP contribution is -2.53. The van der Waals surface area contributed by atoms with Crippen LogP contribution in [0.4, 0.5) is 0 Å². The van der Waals surface area contributed by atoms with E-state index < -0.39 is 0 Å². The van der Waals surface area contributed by atoms with Crippen LogP contribution in [0.2, 0.25) is 0 Å². The fraction of sp³-hybridized carbons (Fsp3) is 0.706. The molecule has 2 fully saturated rings. The molecule has 1 unspecified atom stereocenters. The molecule has 0 aromatic carbocycles. The molecule has 3 heteroatoms. The molecule has 1 atom stereocenters. The van der Waals surface area contributed by atoms with Gasteiger partial charge in [-0.1, -0.05) is 25.3 Å². The van der Waals surface area contributed by atoms with Gasteiger partial charge in [-0.25, -0.2) is 0 Å². The molecule has 1 saturated heterocycles. The number of nitrogens with zero attached hydrogens (tertiary/aromatic N) is 2. The predicted molar refractivity (Wildman–Crippen MR) is 82.5 cm³/mol. The summed E-state index contributed by atoms with van der Waals surface area (Å²) in [4.78, 5) is 7.16. The lowest BCUT2D eigenvalue weighted by Gasteiger charge is -2.41. The lowest BCUT2D eigenvalue weighted by molar-refractivity contribution is 0.130. The molecule has 1 N–H and O–H groups in total. The molecule has 2 aliphatic rings. The number of pyridine rings is 1. The minimum Gasteiger partial charge on any atom is -0.310 e. The third-order valence-electron chi connectivity index (χ3n) is 5.09. The molecule has 1 aliphatic heterocycles. The first-order valence-corrected chi connectivity index (χ1v) is 8.16. The summed E-state index contributed by atoms with van der Waals surface area (Å²) in [5, 5.41) is 3.88. The Kier molecular flexibility index (Phi) is 4.37. The van der Waals surface area contributed by atoms with Crippen LogP contribution in [0.1, 0.15) is 51.1 Å². The zero-order valence-electron chi connectivity index (χ0n) is 12.6. The van der Waals surface area contributed by atoms with Crippen LogP contribution in [-0.2, 0) is 6.54 Å². The SMILES string of the molecule is CC1CCNC2(CCCCC2)CN1Cc1ccccn1. The molecule has 1 aliphatic carbocycles. The van der Waals surface area contributed by atoms with E-state index in [0.29, 0.717) is 11.6 Å². The van der Waals surface area contributed by atoms with Crippen molar-refractivity contribution in [3.63, 3.8) is 0 Å². The monoisotopic (exact) mass is 273 g/mol. The van der Waals surface area contributed by atoms with Gasteiger partial charge in [0.25, 0.3) is 0 Å². The van der Waals surface area contributed by atoms with E-state index in [1.54, 1.807) is 0 Å². The van der Waals surface area contributed by atoms with Crippen LogP contribution in [0, 0.1) is 0 Å². The number of hydrogen-bond acceptors (Lipinski definition) is 3. The molecule has 0 amide bonds. The fourth-order valence-electron chi connectivity index (χ4n) is 3.80. The van der Waals surface area contributed by atoms with Crippen LogP contribution in [-0.4, -0.2) is 34.6 Å². The third kappa shape index (κ3) is 3.21. The molecule has 3 rings (SSSR count). The maximum atomic E-state index is 4.51. The second-order valence-electron chi connectivity index (χ2n) is 6.63. The Labute approximate surface area is 122 Å². The Morgan fingerprint density at radius 2 is 2.15 bits per heavy atom. The number of rotatable bonds is 2. The predicted octanol–water partition coefficient (Wildman–Crippen LogP) is 2.97. The number of aromatic nitrogens is 1. The normalized spacial score (nSPS) is 27.4. The fourth-order valence-corrected chi connectivity index (χ4v) is 3.80. The van der Waals surface area contributed by atoms with Gasteiger partial charge in [-0.2, -0.15) is 0 Å². The van der Waals surface area contributed by atoms with Gasteiger partial charge in [-0.05, 0) is 44.9 Å². The van der Waals surface area contributed by atoms with Crippen LogP contribution in [0.25, 0.3) is 0 Å². The minimum absolute atomic E-state index is 0.373. The van der Waals surface area contributed by atoms with Gasteiger partial charge in [-0.3, -0.25) is 9.88 Å². The molecule has 0 radical (unpaired) electrons. The molecule has 1 spiro atoms. The molecular weight excluding hydrogens is 246 g/mol. The number of nitrogens with one attached hydrogen (secondary N) is 1. The van der Waals surface area contributed by atoms with Gasteiger partial charge in [0.15, 0.2) is 0 Å². The van der Waals surface area contributed by atoms with E-state index in [9.17, 15) is 0 Å². The maximum absolute atomic E-state index is 4.51. The maximum Gasteiger partial charge on any atom is 0.0544 e. The second kappa shape index (κ2) is 6.23. The van der Waals surface area contributed by atoms with Gasteiger partial charge in [0.1, 0.15) is 0 Å². The highest BCUT2D eigenvalue weighted by atomic mass is 15.2. The summed E-state index contributed by atoms with van der Waals surface area (Å²) < 4.78 is 0. The summed E-state index contributed by atoms with van der Waals surface area (Å²) in [7, 11) is 0. The Hall–Kier alpha value is -0.930. The summed E-state index contributed by atoms with van der Waals surface area (Å²) in [5.74, 6) is 0. The van der Waals surface area contributed by atoms with Gasteiger partial charge in [0, 0.05) is 30.9 Å². The van der Waals surface area contributed by atoms with Crippen LogP contribution in [0.3, 0.4) is 0 Å². The van der Waals surface area contributed by atoms with E-state index in [0.717, 1.165) is 6.54 Å². The molecule has 110 valence electrons. The summed E-state index contributed by atoms with van der Waals surface area (Å²) in [5.41, 5.74) is 1.57. The first-order chi connectivity index (χ1) is 9.77. The van der Waals surface area contributed by atoms with E-state index >= 15 is 0 Å². The molecule has 3 nitrogen and oxygen atoms in total. The van der Waals surface area contributed by atoms with Crippen molar-refractivity contribution in [3.05, 3.63) is 30.1 Å². The number of hydrogen-bond donors (Lipinski definition) is 1. The first-order valence-electron chi connectivity index (χ1n) is 8.16. The van der Waals surface area contributed by atoms with Crippen molar-refractivity contribution in [1.82, 2.24) is 15.2 Å². The lowest BCUT2D eigenvalue weighted by atomic mass is 9.81. The van der Waals surface area contributed by atoms with Crippen molar-refractivity contribution in [2.24, 2.45) is 0 Å². The van der Waals surface area contributed by atoms with Crippen LogP contribution < -0.4 is 5.32 Å². The molecule has 1 saturated carbocycles. The topological polar surface area (TPSA) is 28.2 Å². The molecule has 2 heterocycles. The van der Waals surface area contributed by atoms with Gasteiger partial charge >= 0.3 is 0 Å². The largest absolute Gasteiger partial charge is 0.310 e. The second-order valence-corrected chi connectivity index (χ2v) is 6.63. The van der Waals surface area contributed by atoms with Crippen molar-refractivity contribution in [2.75, 3.05) is 13.1 Å². The van der Waals surface area contributed by atoms with Crippen LogP contribution in [0.5, 0.6) is 0 Å². The van der Waals surface area contributed by atoms with Gasteiger partial charge in [0.2, 0.25) is 0 Å². The van der Waals surface area contributed by atoms with E-state index in [-0.39, 0.29) is 0 Å². The summed E-state index contributed by atoms with van der Waals surface area (Å²) in [6.45, 7) is 5.71. The van der Waals surface area contributed by atoms with Crippen molar-refractivity contribution in [3.8, 4) is 0 Å². The van der Waals surface area contributed by atoms with Crippen molar-refractivity contribution in [1.29, 1.82) is 0 Å². The summed E-state index contributed by atoms with van der Waals surface area (Å²) >= 11 is 0. The molecule has 20 heavy (non-hydrogen) atoms. The van der Waals surface area contributed by atoms with Crippen molar-refractivity contribution < 1.29 is 0 Å². The van der Waals surface area contributed by atoms with Gasteiger partial charge in [0.05, 0.1) is 5.69 Å². The zero-order valence-corrected chi connectivity index (χ0v) is 12.6.